The van der Waals surface area contributed by atoms with Crippen molar-refractivity contribution in [1.29, 1.82) is 0 Å². The van der Waals surface area contributed by atoms with Crippen LogP contribution in [0.25, 0.3) is 0 Å². The number of carbonyl (C=O) groups is 3. The predicted molar refractivity (Wildman–Crippen MR) is 86.1 cm³/mol. The Labute approximate surface area is 135 Å². The number of rotatable bonds is 6. The molecule has 1 atom stereocenters. The Bertz CT molecular complexity index is 557. The number of aryl methyl sites for hydroxylation is 1. The molecule has 6 heteroatoms. The van der Waals surface area contributed by atoms with Gasteiger partial charge >= 0.3 is 5.97 Å². The number of nitrogens with one attached hydrogen (secondary N) is 1. The highest BCUT2D eigenvalue weighted by Gasteiger charge is 2.22. The van der Waals surface area contributed by atoms with Gasteiger partial charge in [-0.2, -0.15) is 0 Å². The number of amides is 1. The van der Waals surface area contributed by atoms with E-state index in [1.807, 2.05) is 33.8 Å². The lowest BCUT2D eigenvalue weighted by atomic mass is 10.1. The molecule has 1 heterocycles. The summed E-state index contributed by atoms with van der Waals surface area (Å²) < 4.78 is 5.05. The first-order valence-corrected chi connectivity index (χ1v) is 8.01. The van der Waals surface area contributed by atoms with Crippen molar-refractivity contribution in [2.24, 2.45) is 0 Å². The van der Waals surface area contributed by atoms with Gasteiger partial charge in [-0.15, -0.1) is 11.3 Å². The number of ether oxygens (including phenoxy) is 1. The molecular formula is C16H23NO4S. The van der Waals surface area contributed by atoms with E-state index in [1.165, 1.54) is 18.3 Å². The van der Waals surface area contributed by atoms with E-state index in [2.05, 4.69) is 5.32 Å². The van der Waals surface area contributed by atoms with Gasteiger partial charge in [0.2, 0.25) is 0 Å². The summed E-state index contributed by atoms with van der Waals surface area (Å²) in [7, 11) is 0. The standard InChI is InChI=1S/C16H23NO4S/c1-10-6-8-13(22-10)12(18)7-9-14(19)21-11(2)15(20)17-16(3,4)5/h6,8,11H,7,9H2,1-5H3,(H,17,20)/t11-/m1/s1. The fourth-order valence-corrected chi connectivity index (χ4v) is 2.54. The second-order valence-electron chi connectivity index (χ2n) is 6.20. The molecule has 1 amide bonds. The van der Waals surface area contributed by atoms with Crippen molar-refractivity contribution in [1.82, 2.24) is 5.32 Å². The fourth-order valence-electron chi connectivity index (χ4n) is 1.70. The molecule has 0 bridgehead atoms. The van der Waals surface area contributed by atoms with Gasteiger partial charge in [0.1, 0.15) is 0 Å². The van der Waals surface area contributed by atoms with Crippen molar-refractivity contribution in [2.45, 2.75) is 59.1 Å². The normalized spacial score (nSPS) is 12.6. The Hall–Kier alpha value is -1.69. The van der Waals surface area contributed by atoms with Gasteiger partial charge in [0, 0.05) is 16.8 Å². The van der Waals surface area contributed by atoms with E-state index in [1.54, 1.807) is 6.07 Å². The fraction of sp³-hybridized carbons (Fsp3) is 0.562. The Morgan fingerprint density at radius 1 is 1.23 bits per heavy atom. The zero-order valence-electron chi connectivity index (χ0n) is 13.7. The van der Waals surface area contributed by atoms with Crippen LogP contribution in [0.15, 0.2) is 12.1 Å². The molecule has 0 saturated carbocycles. The first kappa shape index (κ1) is 18.4. The second kappa shape index (κ2) is 7.54. The lowest BCUT2D eigenvalue weighted by Gasteiger charge is -2.23. The lowest BCUT2D eigenvalue weighted by molar-refractivity contribution is -0.155. The third-order valence-corrected chi connectivity index (χ3v) is 3.79. The van der Waals surface area contributed by atoms with Crippen molar-refractivity contribution in [3.63, 3.8) is 0 Å². The molecule has 1 rings (SSSR count). The van der Waals surface area contributed by atoms with Gasteiger partial charge in [-0.25, -0.2) is 0 Å². The highest BCUT2D eigenvalue weighted by molar-refractivity contribution is 7.14. The predicted octanol–water partition coefficient (Wildman–Crippen LogP) is 2.87. The summed E-state index contributed by atoms with van der Waals surface area (Å²) in [5.41, 5.74) is -0.384. The third-order valence-electron chi connectivity index (χ3n) is 2.75. The van der Waals surface area contributed by atoms with Crippen LogP contribution in [-0.2, 0) is 14.3 Å². The number of carbonyl (C=O) groups excluding carboxylic acids is 3. The van der Waals surface area contributed by atoms with Gasteiger partial charge in [-0.05, 0) is 46.8 Å². The van der Waals surface area contributed by atoms with Gasteiger partial charge in [0.25, 0.3) is 5.91 Å². The lowest BCUT2D eigenvalue weighted by Crippen LogP contribution is -2.46. The smallest absolute Gasteiger partial charge is 0.307 e. The van der Waals surface area contributed by atoms with Crippen LogP contribution < -0.4 is 5.32 Å². The van der Waals surface area contributed by atoms with Crippen molar-refractivity contribution >= 4 is 29.0 Å². The van der Waals surface area contributed by atoms with Crippen LogP contribution in [0.5, 0.6) is 0 Å². The molecule has 0 fully saturated rings. The van der Waals surface area contributed by atoms with E-state index >= 15 is 0 Å². The van der Waals surface area contributed by atoms with Gasteiger partial charge in [0.15, 0.2) is 11.9 Å². The molecule has 0 saturated heterocycles. The molecule has 1 aromatic rings. The summed E-state index contributed by atoms with van der Waals surface area (Å²) >= 11 is 1.41. The van der Waals surface area contributed by atoms with Crippen molar-refractivity contribution in [3.05, 3.63) is 21.9 Å². The summed E-state index contributed by atoms with van der Waals surface area (Å²) in [6.45, 7) is 8.98. The van der Waals surface area contributed by atoms with Crippen LogP contribution in [0.1, 0.15) is 55.1 Å². The summed E-state index contributed by atoms with van der Waals surface area (Å²) in [6.07, 6.45) is -0.805. The first-order chi connectivity index (χ1) is 10.1. The van der Waals surface area contributed by atoms with Crippen LogP contribution in [0.2, 0.25) is 0 Å². The molecular weight excluding hydrogens is 302 g/mol. The van der Waals surface area contributed by atoms with Crippen LogP contribution in [0.4, 0.5) is 0 Å². The van der Waals surface area contributed by atoms with E-state index < -0.39 is 12.1 Å². The summed E-state index contributed by atoms with van der Waals surface area (Å²) in [4.78, 5) is 37.1. The minimum absolute atomic E-state index is 0.0249. The molecule has 0 aliphatic carbocycles. The van der Waals surface area contributed by atoms with Crippen molar-refractivity contribution < 1.29 is 19.1 Å². The van der Waals surface area contributed by atoms with Gasteiger partial charge in [-0.3, -0.25) is 14.4 Å². The Balaban J connectivity index is 2.40. The average Bonchev–Trinajstić information content (AvgIpc) is 2.80. The molecule has 0 aliphatic rings. The molecule has 1 aromatic heterocycles. The number of hydrogen-bond acceptors (Lipinski definition) is 5. The summed E-state index contributed by atoms with van der Waals surface area (Å²) in [6, 6.07) is 3.63. The number of thiophene rings is 1. The maximum Gasteiger partial charge on any atom is 0.307 e. The highest BCUT2D eigenvalue weighted by atomic mass is 32.1. The van der Waals surface area contributed by atoms with Crippen molar-refractivity contribution in [3.8, 4) is 0 Å². The maximum absolute atomic E-state index is 11.9. The first-order valence-electron chi connectivity index (χ1n) is 7.19. The number of Topliss-reactive ketones (excluding diaryl/α,β-unsaturated/α-hetero) is 1. The summed E-state index contributed by atoms with van der Waals surface area (Å²) in [5.74, 6) is -0.971. The molecule has 0 aliphatic heterocycles. The number of ketones is 1. The van der Waals surface area contributed by atoms with Crippen LogP contribution in [0.3, 0.4) is 0 Å². The topological polar surface area (TPSA) is 72.5 Å². The molecule has 5 nitrogen and oxygen atoms in total. The van der Waals surface area contributed by atoms with Crippen LogP contribution in [0, 0.1) is 6.92 Å². The molecule has 0 radical (unpaired) electrons. The van der Waals surface area contributed by atoms with Crippen LogP contribution in [-0.4, -0.2) is 29.3 Å². The van der Waals surface area contributed by atoms with E-state index in [0.717, 1.165) is 4.88 Å². The van der Waals surface area contributed by atoms with E-state index in [9.17, 15) is 14.4 Å². The van der Waals surface area contributed by atoms with Gasteiger partial charge in [-0.1, -0.05) is 0 Å². The zero-order valence-corrected chi connectivity index (χ0v) is 14.5. The second-order valence-corrected chi connectivity index (χ2v) is 7.49. The molecule has 0 unspecified atom stereocenters. The highest BCUT2D eigenvalue weighted by Crippen LogP contribution is 2.17. The minimum atomic E-state index is -0.870. The minimum Gasteiger partial charge on any atom is -0.453 e. The largest absolute Gasteiger partial charge is 0.453 e. The Kier molecular flexibility index (Phi) is 6.29. The summed E-state index contributed by atoms with van der Waals surface area (Å²) in [5, 5.41) is 2.74. The van der Waals surface area contributed by atoms with E-state index in [0.29, 0.717) is 4.88 Å². The third kappa shape index (κ3) is 6.39. The van der Waals surface area contributed by atoms with E-state index in [-0.39, 0.29) is 30.1 Å². The van der Waals surface area contributed by atoms with Crippen molar-refractivity contribution in [2.75, 3.05) is 0 Å². The van der Waals surface area contributed by atoms with Crippen LogP contribution >= 0.6 is 11.3 Å². The zero-order chi connectivity index (χ0) is 16.9. The molecule has 22 heavy (non-hydrogen) atoms. The van der Waals surface area contributed by atoms with E-state index in [4.69, 9.17) is 4.74 Å². The Morgan fingerprint density at radius 3 is 2.36 bits per heavy atom. The maximum atomic E-state index is 11.9. The van der Waals surface area contributed by atoms with Gasteiger partial charge < -0.3 is 10.1 Å². The molecule has 0 aromatic carbocycles. The average molecular weight is 325 g/mol. The number of hydrogen-bond donors (Lipinski definition) is 1. The quantitative estimate of drug-likeness (QED) is 0.645. The molecule has 1 N–H and O–H groups in total. The SMILES string of the molecule is Cc1ccc(C(=O)CCC(=O)O[C@H](C)C(=O)NC(C)(C)C)s1. The monoisotopic (exact) mass is 325 g/mol. The number of esters is 1. The Morgan fingerprint density at radius 2 is 1.86 bits per heavy atom. The molecule has 122 valence electrons. The molecule has 0 spiro atoms. The van der Waals surface area contributed by atoms with Gasteiger partial charge in [0.05, 0.1) is 11.3 Å².